The van der Waals surface area contributed by atoms with Crippen LogP contribution in [-0.4, -0.2) is 29.6 Å². The number of carbonyl (C=O) groups excluding carboxylic acids is 2. The minimum Gasteiger partial charge on any atom is -0.381 e. The Morgan fingerprint density at radius 1 is 1.21 bits per heavy atom. The molecule has 1 aromatic carbocycles. The first-order chi connectivity index (χ1) is 8.75. The summed E-state index contributed by atoms with van der Waals surface area (Å²) in [6.07, 6.45) is -1.75. The Morgan fingerprint density at radius 2 is 1.79 bits per heavy atom. The molecule has 19 heavy (non-hydrogen) atoms. The molecular weight excluding hydrogens is 272 g/mol. The summed E-state index contributed by atoms with van der Waals surface area (Å²) in [5.74, 6) is -10.3. The SMILES string of the molecule is NC(=O)C(O)CNC(=O)c1cc(F)c(F)c(F)c1F. The molecular formula is C10H8F4N2O3. The van der Waals surface area contributed by atoms with Crippen LogP contribution in [0, 0.1) is 23.3 Å². The van der Waals surface area contributed by atoms with E-state index in [9.17, 15) is 27.2 Å². The number of hydrogen-bond acceptors (Lipinski definition) is 3. The zero-order chi connectivity index (χ0) is 14.7. The molecule has 2 amide bonds. The van der Waals surface area contributed by atoms with Crippen LogP contribution in [0.5, 0.6) is 0 Å². The van der Waals surface area contributed by atoms with Crippen molar-refractivity contribution in [2.24, 2.45) is 5.73 Å². The number of halogens is 4. The summed E-state index contributed by atoms with van der Waals surface area (Å²) in [6, 6.07) is 0.153. The molecule has 0 aliphatic carbocycles. The van der Waals surface area contributed by atoms with E-state index in [1.165, 1.54) is 0 Å². The first-order valence-corrected chi connectivity index (χ1v) is 4.84. The van der Waals surface area contributed by atoms with E-state index < -0.39 is 53.3 Å². The Morgan fingerprint density at radius 3 is 2.32 bits per heavy atom. The molecule has 1 unspecified atom stereocenters. The third kappa shape index (κ3) is 3.19. The zero-order valence-corrected chi connectivity index (χ0v) is 9.21. The van der Waals surface area contributed by atoms with Crippen molar-refractivity contribution in [1.29, 1.82) is 0 Å². The van der Waals surface area contributed by atoms with E-state index in [1.807, 2.05) is 5.32 Å². The Bertz CT molecular complexity index is 536. The van der Waals surface area contributed by atoms with E-state index in [0.717, 1.165) is 0 Å². The maximum absolute atomic E-state index is 13.2. The van der Waals surface area contributed by atoms with Crippen LogP contribution in [0.3, 0.4) is 0 Å². The van der Waals surface area contributed by atoms with Crippen molar-refractivity contribution in [3.05, 3.63) is 34.9 Å². The van der Waals surface area contributed by atoms with E-state index in [0.29, 0.717) is 0 Å². The summed E-state index contributed by atoms with van der Waals surface area (Å²) in [6.45, 7) is -0.686. The molecule has 5 nitrogen and oxygen atoms in total. The number of carbonyl (C=O) groups is 2. The molecule has 0 spiro atoms. The molecule has 0 radical (unpaired) electrons. The highest BCUT2D eigenvalue weighted by Crippen LogP contribution is 2.18. The monoisotopic (exact) mass is 280 g/mol. The zero-order valence-electron chi connectivity index (χ0n) is 9.21. The van der Waals surface area contributed by atoms with Gasteiger partial charge in [-0.2, -0.15) is 0 Å². The highest BCUT2D eigenvalue weighted by molar-refractivity contribution is 5.94. The number of benzene rings is 1. The van der Waals surface area contributed by atoms with Crippen molar-refractivity contribution in [1.82, 2.24) is 5.32 Å². The molecule has 0 fully saturated rings. The number of primary amides is 1. The molecule has 104 valence electrons. The number of nitrogens with one attached hydrogen (secondary N) is 1. The van der Waals surface area contributed by atoms with Crippen molar-refractivity contribution >= 4 is 11.8 Å². The van der Waals surface area contributed by atoms with Crippen LogP contribution in [0.4, 0.5) is 17.6 Å². The van der Waals surface area contributed by atoms with Crippen molar-refractivity contribution in [2.45, 2.75) is 6.10 Å². The minimum absolute atomic E-state index is 0.153. The van der Waals surface area contributed by atoms with Gasteiger partial charge in [0.2, 0.25) is 5.91 Å². The lowest BCUT2D eigenvalue weighted by Gasteiger charge is -2.09. The maximum atomic E-state index is 13.2. The van der Waals surface area contributed by atoms with E-state index in [2.05, 4.69) is 5.73 Å². The number of rotatable bonds is 4. The first-order valence-electron chi connectivity index (χ1n) is 4.84. The van der Waals surface area contributed by atoms with Crippen LogP contribution in [0.15, 0.2) is 6.07 Å². The van der Waals surface area contributed by atoms with E-state index in [1.54, 1.807) is 0 Å². The number of aliphatic hydroxyl groups excluding tert-OH is 1. The van der Waals surface area contributed by atoms with Gasteiger partial charge in [0.25, 0.3) is 5.91 Å². The summed E-state index contributed by atoms with van der Waals surface area (Å²) < 4.78 is 51.5. The summed E-state index contributed by atoms with van der Waals surface area (Å²) >= 11 is 0. The van der Waals surface area contributed by atoms with Gasteiger partial charge in [0.1, 0.15) is 6.10 Å². The molecule has 0 saturated heterocycles. The quantitative estimate of drug-likeness (QED) is 0.406. The molecule has 0 aliphatic rings. The van der Waals surface area contributed by atoms with Crippen LogP contribution in [0.2, 0.25) is 0 Å². The van der Waals surface area contributed by atoms with Gasteiger partial charge in [-0.15, -0.1) is 0 Å². The lowest BCUT2D eigenvalue weighted by atomic mass is 10.1. The number of aliphatic hydroxyl groups is 1. The van der Waals surface area contributed by atoms with Gasteiger partial charge < -0.3 is 16.2 Å². The van der Waals surface area contributed by atoms with Crippen molar-refractivity contribution in [3.63, 3.8) is 0 Å². The molecule has 0 bridgehead atoms. The molecule has 1 rings (SSSR count). The van der Waals surface area contributed by atoms with E-state index in [4.69, 9.17) is 5.11 Å². The van der Waals surface area contributed by atoms with Crippen LogP contribution in [0.25, 0.3) is 0 Å². The third-order valence-electron chi connectivity index (χ3n) is 2.13. The minimum atomic E-state index is -2.14. The number of nitrogens with two attached hydrogens (primary N) is 1. The molecule has 0 saturated carbocycles. The Kier molecular flexibility index (Phi) is 4.43. The van der Waals surface area contributed by atoms with Gasteiger partial charge in [0, 0.05) is 0 Å². The van der Waals surface area contributed by atoms with Crippen molar-refractivity contribution in [3.8, 4) is 0 Å². The fraction of sp³-hybridized carbons (Fsp3) is 0.200. The summed E-state index contributed by atoms with van der Waals surface area (Å²) in [4.78, 5) is 21.8. The number of hydrogen-bond donors (Lipinski definition) is 3. The predicted octanol–water partition coefficient (Wildman–Crippen LogP) is -0.181. The fourth-order valence-corrected chi connectivity index (χ4v) is 1.12. The number of amides is 2. The van der Waals surface area contributed by atoms with Crippen molar-refractivity contribution < 1.29 is 32.3 Å². The van der Waals surface area contributed by atoms with Crippen LogP contribution >= 0.6 is 0 Å². The molecule has 4 N–H and O–H groups in total. The standard InChI is InChI=1S/C10H8F4N2O3/c11-4-1-3(6(12)8(14)7(4)13)10(19)16-2-5(17)9(15)18/h1,5,17H,2H2,(H2,15,18)(H,16,19). The van der Waals surface area contributed by atoms with Crippen LogP contribution in [-0.2, 0) is 4.79 Å². The van der Waals surface area contributed by atoms with Gasteiger partial charge >= 0.3 is 0 Å². The molecule has 1 aromatic rings. The molecule has 1 atom stereocenters. The fourth-order valence-electron chi connectivity index (χ4n) is 1.12. The molecule has 0 aromatic heterocycles. The van der Waals surface area contributed by atoms with Gasteiger partial charge in [-0.3, -0.25) is 9.59 Å². The average molecular weight is 280 g/mol. The van der Waals surface area contributed by atoms with Gasteiger partial charge in [-0.25, -0.2) is 17.6 Å². The van der Waals surface area contributed by atoms with E-state index >= 15 is 0 Å². The van der Waals surface area contributed by atoms with Crippen LogP contribution in [0.1, 0.15) is 10.4 Å². The van der Waals surface area contributed by atoms with Crippen LogP contribution < -0.4 is 11.1 Å². The highest BCUT2D eigenvalue weighted by atomic mass is 19.2. The predicted molar refractivity (Wildman–Crippen MR) is 53.8 cm³/mol. The van der Waals surface area contributed by atoms with Gasteiger partial charge in [-0.05, 0) is 6.07 Å². The Hall–Kier alpha value is -2.16. The molecule has 0 aliphatic heterocycles. The normalized spacial score (nSPS) is 12.1. The average Bonchev–Trinajstić information content (AvgIpc) is 2.37. The first kappa shape index (κ1) is 14.9. The molecule has 0 heterocycles. The third-order valence-corrected chi connectivity index (χ3v) is 2.13. The van der Waals surface area contributed by atoms with Gasteiger partial charge in [0.05, 0.1) is 12.1 Å². The summed E-state index contributed by atoms with van der Waals surface area (Å²) in [5.41, 5.74) is 3.57. The van der Waals surface area contributed by atoms with Gasteiger partial charge in [-0.1, -0.05) is 0 Å². The lowest BCUT2D eigenvalue weighted by molar-refractivity contribution is -0.125. The lowest BCUT2D eigenvalue weighted by Crippen LogP contribution is -2.40. The summed E-state index contributed by atoms with van der Waals surface area (Å²) in [7, 11) is 0. The largest absolute Gasteiger partial charge is 0.381 e. The second-order valence-electron chi connectivity index (χ2n) is 3.48. The second kappa shape index (κ2) is 5.65. The second-order valence-corrected chi connectivity index (χ2v) is 3.48. The van der Waals surface area contributed by atoms with E-state index in [-0.39, 0.29) is 6.07 Å². The molecule has 9 heteroatoms. The topological polar surface area (TPSA) is 92.4 Å². The Balaban J connectivity index is 2.92. The Labute approximate surface area is 104 Å². The maximum Gasteiger partial charge on any atom is 0.254 e. The summed E-state index contributed by atoms with van der Waals surface area (Å²) in [5, 5.41) is 10.8. The smallest absolute Gasteiger partial charge is 0.254 e. The highest BCUT2D eigenvalue weighted by Gasteiger charge is 2.23. The van der Waals surface area contributed by atoms with Crippen molar-refractivity contribution in [2.75, 3.05) is 6.54 Å². The van der Waals surface area contributed by atoms with Gasteiger partial charge in [0.15, 0.2) is 23.3 Å².